The molecule has 10 nitrogen and oxygen atoms in total. The normalized spacial score (nSPS) is 24.6. The van der Waals surface area contributed by atoms with Gasteiger partial charge in [0, 0.05) is 26.2 Å². The maximum Gasteiger partial charge on any atom is 0.274 e. The Morgan fingerprint density at radius 1 is 1.23 bits per heavy atom. The summed E-state index contributed by atoms with van der Waals surface area (Å²) in [4.78, 5) is 38.5. The Hall–Kier alpha value is -2.37. The van der Waals surface area contributed by atoms with Crippen molar-refractivity contribution in [3.63, 3.8) is 0 Å². The van der Waals surface area contributed by atoms with E-state index < -0.39 is 27.9 Å². The number of rotatable bonds is 5. The molecule has 11 heteroatoms. The Morgan fingerprint density at radius 2 is 1.94 bits per heavy atom. The van der Waals surface area contributed by atoms with Gasteiger partial charge >= 0.3 is 0 Å². The number of carbonyl (C=O) groups is 2. The lowest BCUT2D eigenvalue weighted by atomic mass is 9.89. The van der Waals surface area contributed by atoms with Gasteiger partial charge in [0.1, 0.15) is 5.69 Å². The molecule has 0 bridgehead atoms. The van der Waals surface area contributed by atoms with E-state index in [1.807, 2.05) is 13.8 Å². The minimum Gasteiger partial charge on any atom is -0.379 e. The van der Waals surface area contributed by atoms with Crippen LogP contribution in [0.1, 0.15) is 30.0 Å². The highest BCUT2D eigenvalue weighted by Gasteiger charge is 2.54. The van der Waals surface area contributed by atoms with Gasteiger partial charge in [-0.2, -0.15) is 0 Å². The number of aromatic nitrogens is 2. The van der Waals surface area contributed by atoms with Gasteiger partial charge < -0.3 is 9.64 Å². The fourth-order valence-corrected chi connectivity index (χ4v) is 5.47. The van der Waals surface area contributed by atoms with Crippen LogP contribution < -0.4 is 0 Å². The Morgan fingerprint density at radius 3 is 2.52 bits per heavy atom. The van der Waals surface area contributed by atoms with E-state index in [1.54, 1.807) is 12.3 Å². The van der Waals surface area contributed by atoms with Crippen molar-refractivity contribution in [2.45, 2.75) is 26.4 Å². The predicted molar refractivity (Wildman–Crippen MR) is 111 cm³/mol. The molecular weight excluding hydrogens is 422 g/mol. The lowest BCUT2D eigenvalue weighted by Crippen LogP contribution is -2.43. The van der Waals surface area contributed by atoms with E-state index in [1.165, 1.54) is 11.1 Å². The number of carbonyl (C=O) groups excluding carboxylic acids is 2. The molecule has 0 radical (unpaired) electrons. The van der Waals surface area contributed by atoms with Gasteiger partial charge in [0.2, 0.25) is 15.9 Å². The van der Waals surface area contributed by atoms with E-state index in [0.29, 0.717) is 25.5 Å². The summed E-state index contributed by atoms with van der Waals surface area (Å²) < 4.78 is 30.7. The molecule has 3 aliphatic heterocycles. The van der Waals surface area contributed by atoms with Crippen LogP contribution in [0.5, 0.6) is 0 Å². The number of nitrogens with zero attached hydrogens (tertiary/aromatic N) is 5. The number of fused-ring (bicyclic) bond motifs is 1. The first-order chi connectivity index (χ1) is 14.7. The second-order valence-corrected chi connectivity index (χ2v) is 10.3. The van der Waals surface area contributed by atoms with Crippen molar-refractivity contribution in [3.8, 4) is 0 Å². The molecule has 0 aromatic carbocycles. The lowest BCUT2D eigenvalue weighted by molar-refractivity contribution is -0.128. The fraction of sp³-hybridized carbons (Fsp3) is 0.600. The molecule has 1 aromatic heterocycles. The molecule has 0 aliphatic carbocycles. The Bertz CT molecular complexity index is 1000. The van der Waals surface area contributed by atoms with Crippen LogP contribution in [0.4, 0.5) is 0 Å². The molecule has 2 amide bonds. The van der Waals surface area contributed by atoms with E-state index >= 15 is 0 Å². The number of hydrogen-bond donors (Lipinski definition) is 0. The standard InChI is InChI=1S/C20H27N5O5S/c1-13(2)17-18-16(25(20(17)27)31(3,28)29)4-5-24(18)19(26)15-11-21-14(10-22-15)12-23-6-8-30-9-7-23/h4,10-11,13,17-18H,5-9,12H2,1-3H3/t17-,18+/m1/s1. The highest BCUT2D eigenvalue weighted by molar-refractivity contribution is 7.89. The van der Waals surface area contributed by atoms with Gasteiger partial charge in [0.05, 0.1) is 55.2 Å². The van der Waals surface area contributed by atoms with Crippen LogP contribution in [0.15, 0.2) is 24.2 Å². The van der Waals surface area contributed by atoms with Gasteiger partial charge in [-0.05, 0) is 12.0 Å². The third-order valence-electron chi connectivity index (χ3n) is 5.92. The van der Waals surface area contributed by atoms with Crippen LogP contribution in [0.3, 0.4) is 0 Å². The quantitative estimate of drug-likeness (QED) is 0.622. The molecule has 0 saturated carbocycles. The van der Waals surface area contributed by atoms with E-state index in [9.17, 15) is 18.0 Å². The van der Waals surface area contributed by atoms with Gasteiger partial charge in [-0.15, -0.1) is 0 Å². The summed E-state index contributed by atoms with van der Waals surface area (Å²) in [6, 6.07) is -0.621. The molecule has 1 aromatic rings. The number of amides is 2. The van der Waals surface area contributed by atoms with Crippen molar-refractivity contribution in [2.75, 3.05) is 39.1 Å². The monoisotopic (exact) mass is 449 g/mol. The smallest absolute Gasteiger partial charge is 0.274 e. The van der Waals surface area contributed by atoms with Gasteiger partial charge in [-0.25, -0.2) is 17.7 Å². The highest BCUT2D eigenvalue weighted by atomic mass is 32.2. The second kappa shape index (κ2) is 8.29. The Labute approximate surface area is 181 Å². The molecule has 4 rings (SSSR count). The Balaban J connectivity index is 1.53. The average Bonchev–Trinajstić information content (AvgIpc) is 3.24. The summed E-state index contributed by atoms with van der Waals surface area (Å²) in [6.07, 6.45) is 5.69. The van der Waals surface area contributed by atoms with Crippen molar-refractivity contribution in [3.05, 3.63) is 35.6 Å². The fourth-order valence-electron chi connectivity index (χ4n) is 4.46. The molecule has 31 heavy (non-hydrogen) atoms. The minimum atomic E-state index is -3.77. The summed E-state index contributed by atoms with van der Waals surface area (Å²) in [7, 11) is -3.77. The molecule has 0 N–H and O–H groups in total. The van der Waals surface area contributed by atoms with Crippen molar-refractivity contribution in [2.24, 2.45) is 11.8 Å². The number of hydrogen-bond acceptors (Lipinski definition) is 8. The summed E-state index contributed by atoms with van der Waals surface area (Å²) in [6.45, 7) is 7.60. The third kappa shape index (κ3) is 4.09. The molecular formula is C20H27N5O5S. The van der Waals surface area contributed by atoms with Crippen LogP contribution in [0, 0.1) is 11.8 Å². The van der Waals surface area contributed by atoms with E-state index in [0.717, 1.165) is 29.3 Å². The number of ether oxygens (including phenoxy) is 1. The molecule has 4 heterocycles. The molecule has 2 atom stereocenters. The molecule has 0 unspecified atom stereocenters. The summed E-state index contributed by atoms with van der Waals surface area (Å²) in [5, 5.41) is 0. The molecule has 0 spiro atoms. The maximum absolute atomic E-state index is 13.2. The molecule has 2 fully saturated rings. The van der Waals surface area contributed by atoms with Gasteiger partial charge in [0.25, 0.3) is 5.91 Å². The van der Waals surface area contributed by atoms with Crippen LogP contribution in [-0.2, 0) is 26.1 Å². The summed E-state index contributed by atoms with van der Waals surface area (Å²) >= 11 is 0. The molecule has 168 valence electrons. The maximum atomic E-state index is 13.2. The number of sulfonamides is 1. The first kappa shape index (κ1) is 21.8. The first-order valence-electron chi connectivity index (χ1n) is 10.3. The predicted octanol–water partition coefficient (Wildman–Crippen LogP) is 0.0911. The minimum absolute atomic E-state index is 0.136. The topological polar surface area (TPSA) is 113 Å². The van der Waals surface area contributed by atoms with Gasteiger partial charge in [0.15, 0.2) is 0 Å². The zero-order valence-corrected chi connectivity index (χ0v) is 18.7. The van der Waals surface area contributed by atoms with Gasteiger partial charge in [-0.3, -0.25) is 19.5 Å². The lowest BCUT2D eigenvalue weighted by Gasteiger charge is -2.28. The van der Waals surface area contributed by atoms with Gasteiger partial charge in [-0.1, -0.05) is 13.8 Å². The van der Waals surface area contributed by atoms with Crippen LogP contribution >= 0.6 is 0 Å². The SMILES string of the molecule is CC(C)[C@H]1C(=O)N(S(C)(=O)=O)C2=CCN(C(=O)c3cnc(CN4CCOCC4)cn3)[C@@H]21. The van der Waals surface area contributed by atoms with Crippen LogP contribution in [0.25, 0.3) is 0 Å². The van der Waals surface area contributed by atoms with Crippen LogP contribution in [-0.4, -0.2) is 89.5 Å². The zero-order chi connectivity index (χ0) is 22.3. The van der Waals surface area contributed by atoms with Crippen molar-refractivity contribution < 1.29 is 22.7 Å². The van der Waals surface area contributed by atoms with E-state index in [4.69, 9.17) is 4.74 Å². The second-order valence-electron chi connectivity index (χ2n) is 8.45. The van der Waals surface area contributed by atoms with Crippen molar-refractivity contribution in [1.82, 2.24) is 24.1 Å². The van der Waals surface area contributed by atoms with Crippen molar-refractivity contribution in [1.29, 1.82) is 0 Å². The molecule has 2 saturated heterocycles. The van der Waals surface area contributed by atoms with Crippen molar-refractivity contribution >= 4 is 21.8 Å². The zero-order valence-electron chi connectivity index (χ0n) is 17.9. The summed E-state index contributed by atoms with van der Waals surface area (Å²) in [5.41, 5.74) is 1.29. The first-order valence-corrected chi connectivity index (χ1v) is 12.2. The number of morpholine rings is 1. The van der Waals surface area contributed by atoms with E-state index in [2.05, 4.69) is 14.9 Å². The van der Waals surface area contributed by atoms with E-state index in [-0.39, 0.29) is 24.1 Å². The average molecular weight is 450 g/mol. The van der Waals surface area contributed by atoms with Crippen LogP contribution in [0.2, 0.25) is 0 Å². The largest absolute Gasteiger partial charge is 0.379 e. The Kier molecular flexibility index (Phi) is 5.84. The third-order valence-corrected chi connectivity index (χ3v) is 6.97. The highest BCUT2D eigenvalue weighted by Crippen LogP contribution is 2.41. The summed E-state index contributed by atoms with van der Waals surface area (Å²) in [5.74, 6) is -1.61. The molecule has 3 aliphatic rings.